The number of carboxylic acid groups (broad SMARTS) is 1. The van der Waals surface area contributed by atoms with Crippen LogP contribution in [0, 0.1) is 6.92 Å². The summed E-state index contributed by atoms with van der Waals surface area (Å²) in [7, 11) is 1.68. The monoisotopic (exact) mass is 309 g/mol. The lowest BCUT2D eigenvalue weighted by Crippen LogP contribution is -2.46. The number of amides is 1. The van der Waals surface area contributed by atoms with Crippen LogP contribution in [0.2, 0.25) is 0 Å². The summed E-state index contributed by atoms with van der Waals surface area (Å²) in [5.74, 6) is -1.13. The number of ether oxygens (including phenoxy) is 1. The molecule has 2 rings (SSSR count). The van der Waals surface area contributed by atoms with Crippen molar-refractivity contribution in [2.45, 2.75) is 51.0 Å². The van der Waals surface area contributed by atoms with Crippen molar-refractivity contribution in [2.24, 2.45) is 0 Å². The summed E-state index contributed by atoms with van der Waals surface area (Å²) in [5.41, 5.74) is 0.659. The quantitative estimate of drug-likeness (QED) is 0.841. The van der Waals surface area contributed by atoms with Crippen molar-refractivity contribution in [3.63, 3.8) is 0 Å². The second kappa shape index (κ2) is 6.96. The number of nitrogens with one attached hydrogen (secondary N) is 1. The Hall–Kier alpha value is -1.82. The normalized spacial score (nSPS) is 17.2. The minimum Gasteiger partial charge on any atom is -0.481 e. The van der Waals surface area contributed by atoms with Crippen LogP contribution in [0.15, 0.2) is 10.7 Å². The van der Waals surface area contributed by atoms with Crippen molar-refractivity contribution in [2.75, 3.05) is 13.7 Å². The van der Waals surface area contributed by atoms with E-state index < -0.39 is 5.97 Å². The first kappa shape index (κ1) is 16.5. The average Bonchev–Trinajstić information content (AvgIpc) is 2.86. The molecule has 22 heavy (non-hydrogen) atoms. The van der Waals surface area contributed by atoms with Crippen molar-refractivity contribution < 1.29 is 23.8 Å². The Balaban J connectivity index is 2.06. The molecule has 1 aliphatic carbocycles. The molecular weight excluding hydrogens is 286 g/mol. The molecule has 1 aliphatic rings. The van der Waals surface area contributed by atoms with E-state index in [1.54, 1.807) is 14.0 Å². The molecule has 0 saturated heterocycles. The predicted molar refractivity (Wildman–Crippen MR) is 79.9 cm³/mol. The molecule has 2 N–H and O–H groups in total. The highest BCUT2D eigenvalue weighted by atomic mass is 16.5. The summed E-state index contributed by atoms with van der Waals surface area (Å²) in [5, 5.41) is 11.8. The third kappa shape index (κ3) is 3.68. The summed E-state index contributed by atoms with van der Waals surface area (Å²) in [6.45, 7) is 2.16. The Morgan fingerprint density at radius 2 is 2.05 bits per heavy atom. The number of carbonyl (C=O) groups excluding carboxylic acids is 1. The van der Waals surface area contributed by atoms with Crippen LogP contribution >= 0.6 is 0 Å². The van der Waals surface area contributed by atoms with E-state index >= 15 is 0 Å². The molecule has 0 aliphatic heterocycles. The van der Waals surface area contributed by atoms with Gasteiger partial charge in [0.2, 0.25) is 0 Å². The molecule has 0 spiro atoms. The Morgan fingerprint density at radius 1 is 1.36 bits per heavy atom. The standard InChI is InChI=1S/C16H23NO5/c1-11-9-22-12(8-13(18)19)14(11)15(20)17-10-16(21-2)6-4-3-5-7-16/h9H,3-8,10H2,1-2H3,(H,17,20)(H,18,19). The smallest absolute Gasteiger partial charge is 0.311 e. The highest BCUT2D eigenvalue weighted by Gasteiger charge is 2.33. The van der Waals surface area contributed by atoms with Crippen molar-refractivity contribution in [3.8, 4) is 0 Å². The van der Waals surface area contributed by atoms with Crippen LogP contribution in [0.5, 0.6) is 0 Å². The molecule has 1 aromatic heterocycles. The molecule has 1 aromatic rings. The third-order valence-electron chi connectivity index (χ3n) is 4.36. The molecule has 1 fully saturated rings. The summed E-state index contributed by atoms with van der Waals surface area (Å²) >= 11 is 0. The molecule has 0 bridgehead atoms. The van der Waals surface area contributed by atoms with Crippen LogP contribution < -0.4 is 5.32 Å². The van der Waals surface area contributed by atoms with Crippen LogP contribution in [-0.2, 0) is 16.0 Å². The summed E-state index contributed by atoms with van der Waals surface area (Å²) in [6, 6.07) is 0. The van der Waals surface area contributed by atoms with E-state index in [0.29, 0.717) is 17.7 Å². The van der Waals surface area contributed by atoms with E-state index in [1.807, 2.05) is 0 Å². The molecule has 0 unspecified atom stereocenters. The van der Waals surface area contributed by atoms with Gasteiger partial charge in [0, 0.05) is 19.2 Å². The lowest BCUT2D eigenvalue weighted by atomic mass is 9.84. The maximum atomic E-state index is 12.4. The number of aliphatic carboxylic acids is 1. The highest BCUT2D eigenvalue weighted by molar-refractivity contribution is 5.97. The molecule has 1 amide bonds. The average molecular weight is 309 g/mol. The molecule has 1 heterocycles. The lowest BCUT2D eigenvalue weighted by Gasteiger charge is -2.36. The van der Waals surface area contributed by atoms with Crippen LogP contribution in [0.1, 0.15) is 53.8 Å². The number of carbonyl (C=O) groups is 2. The zero-order valence-corrected chi connectivity index (χ0v) is 13.1. The van der Waals surface area contributed by atoms with Gasteiger partial charge in [0.15, 0.2) is 0 Å². The summed E-state index contributed by atoms with van der Waals surface area (Å²) < 4.78 is 10.8. The molecular formula is C16H23NO5. The van der Waals surface area contributed by atoms with Gasteiger partial charge in [0.05, 0.1) is 17.4 Å². The number of furan rings is 1. The fourth-order valence-corrected chi connectivity index (χ4v) is 3.05. The maximum absolute atomic E-state index is 12.4. The highest BCUT2D eigenvalue weighted by Crippen LogP contribution is 2.30. The first-order chi connectivity index (χ1) is 10.5. The first-order valence-electron chi connectivity index (χ1n) is 7.59. The topological polar surface area (TPSA) is 88.8 Å². The van der Waals surface area contributed by atoms with Crippen LogP contribution in [0.4, 0.5) is 0 Å². The van der Waals surface area contributed by atoms with Gasteiger partial charge in [0.1, 0.15) is 12.2 Å². The van der Waals surface area contributed by atoms with Crippen LogP contribution in [-0.4, -0.2) is 36.2 Å². The van der Waals surface area contributed by atoms with Gasteiger partial charge in [-0.25, -0.2) is 0 Å². The Labute approximate surface area is 129 Å². The number of hydrogen-bond acceptors (Lipinski definition) is 4. The van der Waals surface area contributed by atoms with Gasteiger partial charge in [-0.1, -0.05) is 19.3 Å². The van der Waals surface area contributed by atoms with Crippen LogP contribution in [0.3, 0.4) is 0 Å². The summed E-state index contributed by atoms with van der Waals surface area (Å²) in [4.78, 5) is 23.3. The first-order valence-corrected chi connectivity index (χ1v) is 7.59. The molecule has 0 atom stereocenters. The molecule has 122 valence electrons. The fraction of sp³-hybridized carbons (Fsp3) is 0.625. The van der Waals surface area contributed by atoms with Gasteiger partial charge < -0.3 is 19.6 Å². The van der Waals surface area contributed by atoms with E-state index in [1.165, 1.54) is 12.7 Å². The second-order valence-corrected chi connectivity index (χ2v) is 5.92. The van der Waals surface area contributed by atoms with E-state index in [-0.39, 0.29) is 23.7 Å². The number of methoxy groups -OCH3 is 1. The molecule has 1 saturated carbocycles. The van der Waals surface area contributed by atoms with Gasteiger partial charge in [-0.15, -0.1) is 0 Å². The van der Waals surface area contributed by atoms with Crippen molar-refractivity contribution >= 4 is 11.9 Å². The predicted octanol–water partition coefficient (Wildman–Crippen LogP) is 2.29. The van der Waals surface area contributed by atoms with Gasteiger partial charge in [-0.05, 0) is 19.8 Å². The molecule has 0 radical (unpaired) electrons. The van der Waals surface area contributed by atoms with Gasteiger partial charge in [-0.3, -0.25) is 9.59 Å². The molecule has 0 aromatic carbocycles. The zero-order chi connectivity index (χ0) is 16.2. The number of aryl methyl sites for hydroxylation is 1. The minimum atomic E-state index is -1.02. The van der Waals surface area contributed by atoms with Crippen LogP contribution in [0.25, 0.3) is 0 Å². The third-order valence-corrected chi connectivity index (χ3v) is 4.36. The SMILES string of the molecule is COC1(CNC(=O)c2c(C)coc2CC(=O)O)CCCCC1. The van der Waals surface area contributed by atoms with Crippen molar-refractivity contribution in [3.05, 3.63) is 23.2 Å². The number of hydrogen-bond donors (Lipinski definition) is 2. The number of carboxylic acids is 1. The zero-order valence-electron chi connectivity index (χ0n) is 13.1. The fourth-order valence-electron chi connectivity index (χ4n) is 3.05. The minimum absolute atomic E-state index is 0.192. The largest absolute Gasteiger partial charge is 0.481 e. The lowest BCUT2D eigenvalue weighted by molar-refractivity contribution is -0.136. The molecule has 6 nitrogen and oxygen atoms in total. The Bertz CT molecular complexity index is 543. The van der Waals surface area contributed by atoms with Crippen molar-refractivity contribution in [1.82, 2.24) is 5.32 Å². The number of rotatable bonds is 6. The van der Waals surface area contributed by atoms with Crippen molar-refractivity contribution in [1.29, 1.82) is 0 Å². The van der Waals surface area contributed by atoms with E-state index in [2.05, 4.69) is 5.32 Å². The van der Waals surface area contributed by atoms with E-state index in [0.717, 1.165) is 25.7 Å². The second-order valence-electron chi connectivity index (χ2n) is 5.92. The Morgan fingerprint density at radius 3 is 2.64 bits per heavy atom. The Kier molecular flexibility index (Phi) is 5.24. The van der Waals surface area contributed by atoms with Gasteiger partial charge in [-0.2, -0.15) is 0 Å². The van der Waals surface area contributed by atoms with Gasteiger partial charge >= 0.3 is 5.97 Å². The van der Waals surface area contributed by atoms with E-state index in [9.17, 15) is 9.59 Å². The summed E-state index contributed by atoms with van der Waals surface area (Å²) in [6.07, 6.45) is 6.36. The molecule has 6 heteroatoms. The maximum Gasteiger partial charge on any atom is 0.311 e. The van der Waals surface area contributed by atoms with Gasteiger partial charge in [0.25, 0.3) is 5.91 Å². The van der Waals surface area contributed by atoms with E-state index in [4.69, 9.17) is 14.3 Å².